The van der Waals surface area contributed by atoms with E-state index in [4.69, 9.17) is 4.74 Å². The minimum atomic E-state index is -4.79. The van der Waals surface area contributed by atoms with E-state index in [1.165, 1.54) is 0 Å². The molecule has 3 nitrogen and oxygen atoms in total. The number of rotatable bonds is 7. The van der Waals surface area contributed by atoms with Crippen LogP contribution in [0.2, 0.25) is 0 Å². The second-order valence-corrected chi connectivity index (χ2v) is 5.04. The largest absolute Gasteiger partial charge is 0.465 e. The van der Waals surface area contributed by atoms with Gasteiger partial charge in [0.2, 0.25) is 0 Å². The first-order valence-corrected chi connectivity index (χ1v) is 7.25. The van der Waals surface area contributed by atoms with Gasteiger partial charge in [-0.05, 0) is 37.5 Å². The molecular weight excluding hydrogens is 316 g/mol. The number of ketones is 1. The zero-order valence-electron chi connectivity index (χ0n) is 12.9. The first kappa shape index (κ1) is 19.1. The molecule has 1 aromatic carbocycles. The number of halogens is 4. The lowest BCUT2D eigenvalue weighted by Gasteiger charge is -2.15. The second kappa shape index (κ2) is 8.08. The first-order chi connectivity index (χ1) is 10.7. The van der Waals surface area contributed by atoms with Crippen LogP contribution in [0.3, 0.4) is 0 Å². The van der Waals surface area contributed by atoms with E-state index in [9.17, 15) is 27.2 Å². The van der Waals surface area contributed by atoms with Crippen molar-refractivity contribution in [3.63, 3.8) is 0 Å². The highest BCUT2D eigenvalue weighted by Gasteiger charge is 2.34. The van der Waals surface area contributed by atoms with E-state index in [1.54, 1.807) is 13.8 Å². The molecule has 1 atom stereocenters. The first-order valence-electron chi connectivity index (χ1n) is 7.25. The van der Waals surface area contributed by atoms with Crippen LogP contribution < -0.4 is 0 Å². The fourth-order valence-electron chi connectivity index (χ4n) is 2.14. The van der Waals surface area contributed by atoms with Gasteiger partial charge in [-0.15, -0.1) is 0 Å². The van der Waals surface area contributed by atoms with E-state index >= 15 is 0 Å². The van der Waals surface area contributed by atoms with E-state index in [-0.39, 0.29) is 30.8 Å². The molecule has 128 valence electrons. The van der Waals surface area contributed by atoms with Crippen LogP contribution in [0.1, 0.15) is 37.8 Å². The Hall–Kier alpha value is -1.92. The standard InChI is InChI=1S/C16H18F4O3/c1-3-5-14(21)11(15(22)23-4-2)8-10-6-7-12(13(17)9-10)16(18,19)20/h6-7,9,11H,3-5,8H2,1-2H3. The summed E-state index contributed by atoms with van der Waals surface area (Å²) >= 11 is 0. The summed E-state index contributed by atoms with van der Waals surface area (Å²) in [6.07, 6.45) is -4.31. The summed E-state index contributed by atoms with van der Waals surface area (Å²) in [4.78, 5) is 23.9. The van der Waals surface area contributed by atoms with Crippen molar-refractivity contribution in [2.75, 3.05) is 6.61 Å². The van der Waals surface area contributed by atoms with Gasteiger partial charge in [0.15, 0.2) is 0 Å². The van der Waals surface area contributed by atoms with Crippen LogP contribution in [0, 0.1) is 11.7 Å². The van der Waals surface area contributed by atoms with Gasteiger partial charge in [-0.3, -0.25) is 9.59 Å². The van der Waals surface area contributed by atoms with Gasteiger partial charge in [-0.25, -0.2) is 4.39 Å². The topological polar surface area (TPSA) is 43.4 Å². The molecule has 0 N–H and O–H groups in total. The summed E-state index contributed by atoms with van der Waals surface area (Å²) in [7, 11) is 0. The van der Waals surface area contributed by atoms with Crippen LogP contribution >= 0.6 is 0 Å². The number of hydrogen-bond acceptors (Lipinski definition) is 3. The van der Waals surface area contributed by atoms with Crippen molar-refractivity contribution in [1.82, 2.24) is 0 Å². The molecule has 1 rings (SSSR count). The molecule has 0 aliphatic heterocycles. The van der Waals surface area contributed by atoms with Crippen molar-refractivity contribution >= 4 is 11.8 Å². The van der Waals surface area contributed by atoms with Gasteiger partial charge in [0.25, 0.3) is 0 Å². The van der Waals surface area contributed by atoms with Gasteiger partial charge >= 0.3 is 12.1 Å². The molecular formula is C16H18F4O3. The Morgan fingerprint density at radius 3 is 2.35 bits per heavy atom. The Morgan fingerprint density at radius 2 is 1.87 bits per heavy atom. The molecule has 0 heterocycles. The van der Waals surface area contributed by atoms with Crippen molar-refractivity contribution in [2.24, 2.45) is 5.92 Å². The number of benzene rings is 1. The van der Waals surface area contributed by atoms with Gasteiger partial charge in [-0.1, -0.05) is 13.0 Å². The van der Waals surface area contributed by atoms with Crippen LogP contribution in [0.4, 0.5) is 17.6 Å². The zero-order valence-corrected chi connectivity index (χ0v) is 12.9. The monoisotopic (exact) mass is 334 g/mol. The lowest BCUT2D eigenvalue weighted by molar-refractivity contribution is -0.151. The molecule has 0 spiro atoms. The maximum atomic E-state index is 13.6. The van der Waals surface area contributed by atoms with E-state index in [0.717, 1.165) is 6.07 Å². The van der Waals surface area contributed by atoms with Gasteiger partial charge in [-0.2, -0.15) is 13.2 Å². The molecule has 0 aliphatic carbocycles. The second-order valence-electron chi connectivity index (χ2n) is 5.04. The van der Waals surface area contributed by atoms with E-state index in [2.05, 4.69) is 0 Å². The number of carbonyl (C=O) groups is 2. The van der Waals surface area contributed by atoms with Crippen molar-refractivity contribution in [2.45, 2.75) is 39.3 Å². The van der Waals surface area contributed by atoms with Crippen molar-refractivity contribution < 1.29 is 31.9 Å². The predicted molar refractivity (Wildman–Crippen MR) is 75.1 cm³/mol. The Bertz CT molecular complexity index is 549. The van der Waals surface area contributed by atoms with Crippen LogP contribution in [0.5, 0.6) is 0 Å². The molecule has 0 aromatic heterocycles. The molecule has 0 aliphatic rings. The number of esters is 1. The Balaban J connectivity index is 3.02. The van der Waals surface area contributed by atoms with Gasteiger partial charge < -0.3 is 4.74 Å². The van der Waals surface area contributed by atoms with Gasteiger partial charge in [0.1, 0.15) is 17.5 Å². The molecule has 1 unspecified atom stereocenters. The van der Waals surface area contributed by atoms with Crippen LogP contribution in [-0.4, -0.2) is 18.4 Å². The Labute approximate surface area is 131 Å². The SMILES string of the molecule is CCCC(=O)C(Cc1ccc(C(F)(F)F)c(F)c1)C(=O)OCC. The third kappa shape index (κ3) is 5.33. The average Bonchev–Trinajstić information content (AvgIpc) is 2.43. The number of ether oxygens (including phenoxy) is 1. The Morgan fingerprint density at radius 1 is 1.22 bits per heavy atom. The summed E-state index contributed by atoms with van der Waals surface area (Å²) in [6, 6.07) is 2.38. The highest BCUT2D eigenvalue weighted by atomic mass is 19.4. The number of alkyl halides is 3. The fraction of sp³-hybridized carbons (Fsp3) is 0.500. The summed E-state index contributed by atoms with van der Waals surface area (Å²) < 4.78 is 56.0. The summed E-state index contributed by atoms with van der Waals surface area (Å²) in [5.41, 5.74) is -1.24. The lowest BCUT2D eigenvalue weighted by atomic mass is 9.92. The van der Waals surface area contributed by atoms with Crippen molar-refractivity contribution in [1.29, 1.82) is 0 Å². The molecule has 0 saturated carbocycles. The molecule has 23 heavy (non-hydrogen) atoms. The normalized spacial score (nSPS) is 12.8. The van der Waals surface area contributed by atoms with E-state index in [0.29, 0.717) is 18.6 Å². The van der Waals surface area contributed by atoms with Crippen molar-refractivity contribution in [3.8, 4) is 0 Å². The zero-order chi connectivity index (χ0) is 17.6. The predicted octanol–water partition coefficient (Wildman–Crippen LogP) is 3.94. The van der Waals surface area contributed by atoms with E-state index < -0.39 is 29.4 Å². The molecule has 7 heteroatoms. The van der Waals surface area contributed by atoms with Crippen LogP contribution in [0.15, 0.2) is 18.2 Å². The number of Topliss-reactive ketones (excluding diaryl/α,β-unsaturated/α-hetero) is 1. The maximum Gasteiger partial charge on any atom is 0.419 e. The summed E-state index contributed by atoms with van der Waals surface area (Å²) in [6.45, 7) is 3.42. The third-order valence-corrected chi connectivity index (χ3v) is 3.23. The third-order valence-electron chi connectivity index (χ3n) is 3.23. The highest BCUT2D eigenvalue weighted by Crippen LogP contribution is 2.32. The smallest absolute Gasteiger partial charge is 0.419 e. The minimum Gasteiger partial charge on any atom is -0.465 e. The quantitative estimate of drug-likeness (QED) is 0.431. The van der Waals surface area contributed by atoms with Gasteiger partial charge in [0, 0.05) is 6.42 Å². The van der Waals surface area contributed by atoms with Gasteiger partial charge in [0.05, 0.1) is 12.2 Å². The highest BCUT2D eigenvalue weighted by molar-refractivity contribution is 5.99. The molecule has 0 radical (unpaired) electrons. The van der Waals surface area contributed by atoms with E-state index in [1.807, 2.05) is 0 Å². The van der Waals surface area contributed by atoms with Crippen LogP contribution in [0.25, 0.3) is 0 Å². The Kier molecular flexibility index (Phi) is 6.72. The lowest BCUT2D eigenvalue weighted by Crippen LogP contribution is -2.28. The summed E-state index contributed by atoms with van der Waals surface area (Å²) in [5, 5.41) is 0. The van der Waals surface area contributed by atoms with Crippen LogP contribution in [-0.2, 0) is 26.9 Å². The summed E-state index contributed by atoms with van der Waals surface area (Å²) in [5.74, 6) is -3.68. The van der Waals surface area contributed by atoms with Crippen molar-refractivity contribution in [3.05, 3.63) is 35.1 Å². The molecule has 0 fully saturated rings. The molecule has 0 amide bonds. The average molecular weight is 334 g/mol. The maximum absolute atomic E-state index is 13.6. The number of hydrogen-bond donors (Lipinski definition) is 0. The fourth-order valence-corrected chi connectivity index (χ4v) is 2.14. The molecule has 0 bridgehead atoms. The molecule has 0 saturated heterocycles. The number of carbonyl (C=O) groups excluding carboxylic acids is 2. The molecule has 1 aromatic rings. The minimum absolute atomic E-state index is 0.0795.